The maximum Gasteiger partial charge on any atom is 0.248 e. The largest absolute Gasteiger partial charge is 0.366 e. The van der Waals surface area contributed by atoms with E-state index in [2.05, 4.69) is 0 Å². The summed E-state index contributed by atoms with van der Waals surface area (Å²) >= 11 is 0. The number of hydrogen-bond donors (Lipinski definition) is 2. The van der Waals surface area contributed by atoms with Crippen molar-refractivity contribution in [2.24, 2.45) is 11.5 Å². The van der Waals surface area contributed by atoms with Crippen molar-refractivity contribution in [2.75, 3.05) is 0 Å². The Hall–Kier alpha value is -1.35. The Morgan fingerprint density at radius 3 is 2.56 bits per heavy atom. The van der Waals surface area contributed by atoms with E-state index in [-0.39, 0.29) is 17.9 Å². The molecule has 3 nitrogen and oxygen atoms in total. The van der Waals surface area contributed by atoms with E-state index in [4.69, 9.17) is 11.5 Å². The smallest absolute Gasteiger partial charge is 0.248 e. The standard InChI is InChI=1S/C13H18N2O/c14-12-8-4-3-6-10(12)9-5-1-2-7-11(9)13(15)16/h1-2,5,7,10,12H,3-4,6,8,14H2,(H2,15,16). The highest BCUT2D eigenvalue weighted by atomic mass is 16.1. The Balaban J connectivity index is 2.34. The number of rotatable bonds is 2. The van der Waals surface area contributed by atoms with Gasteiger partial charge in [0.2, 0.25) is 5.91 Å². The van der Waals surface area contributed by atoms with Gasteiger partial charge in [-0.05, 0) is 30.4 Å². The third-order valence-corrected chi connectivity index (χ3v) is 3.45. The summed E-state index contributed by atoms with van der Waals surface area (Å²) in [6, 6.07) is 7.73. The van der Waals surface area contributed by atoms with Crippen molar-refractivity contribution in [3.05, 3.63) is 35.4 Å². The highest BCUT2D eigenvalue weighted by Crippen LogP contribution is 2.33. The molecule has 0 aromatic heterocycles. The van der Waals surface area contributed by atoms with Gasteiger partial charge < -0.3 is 11.5 Å². The van der Waals surface area contributed by atoms with Crippen molar-refractivity contribution in [1.29, 1.82) is 0 Å². The van der Waals surface area contributed by atoms with Gasteiger partial charge in [-0.15, -0.1) is 0 Å². The van der Waals surface area contributed by atoms with Crippen LogP contribution in [0.2, 0.25) is 0 Å². The Morgan fingerprint density at radius 1 is 1.19 bits per heavy atom. The molecule has 1 aliphatic carbocycles. The third-order valence-electron chi connectivity index (χ3n) is 3.45. The normalized spacial score (nSPS) is 25.3. The van der Waals surface area contributed by atoms with E-state index >= 15 is 0 Å². The first-order chi connectivity index (χ1) is 7.70. The molecule has 1 fully saturated rings. The molecule has 86 valence electrons. The fourth-order valence-corrected chi connectivity index (χ4v) is 2.59. The molecular formula is C13H18N2O. The third kappa shape index (κ3) is 2.09. The van der Waals surface area contributed by atoms with E-state index < -0.39 is 0 Å². The van der Waals surface area contributed by atoms with Gasteiger partial charge in [-0.3, -0.25) is 4.79 Å². The second-order valence-electron chi connectivity index (χ2n) is 4.51. The second kappa shape index (κ2) is 4.66. The molecule has 1 amide bonds. The van der Waals surface area contributed by atoms with Crippen molar-refractivity contribution in [3.8, 4) is 0 Å². The summed E-state index contributed by atoms with van der Waals surface area (Å²) in [4.78, 5) is 11.4. The lowest BCUT2D eigenvalue weighted by Crippen LogP contribution is -2.32. The Kier molecular flexibility index (Phi) is 3.25. The second-order valence-corrected chi connectivity index (χ2v) is 4.51. The van der Waals surface area contributed by atoms with Gasteiger partial charge in [0.05, 0.1) is 0 Å². The molecule has 2 atom stereocenters. The summed E-state index contributed by atoms with van der Waals surface area (Å²) in [5, 5.41) is 0. The SMILES string of the molecule is NC(=O)c1ccccc1C1CCCCC1N. The molecule has 3 heteroatoms. The van der Waals surface area contributed by atoms with Gasteiger partial charge >= 0.3 is 0 Å². The molecule has 4 N–H and O–H groups in total. The zero-order chi connectivity index (χ0) is 11.5. The topological polar surface area (TPSA) is 69.1 Å². The lowest BCUT2D eigenvalue weighted by molar-refractivity contribution is 0.0998. The van der Waals surface area contributed by atoms with Crippen LogP contribution in [0, 0.1) is 0 Å². The van der Waals surface area contributed by atoms with E-state index in [0.29, 0.717) is 5.56 Å². The summed E-state index contributed by atoms with van der Waals surface area (Å²) < 4.78 is 0. The van der Waals surface area contributed by atoms with E-state index in [0.717, 1.165) is 18.4 Å². The van der Waals surface area contributed by atoms with Crippen LogP contribution in [0.3, 0.4) is 0 Å². The van der Waals surface area contributed by atoms with Gasteiger partial charge in [-0.1, -0.05) is 31.0 Å². The van der Waals surface area contributed by atoms with E-state index in [1.165, 1.54) is 12.8 Å². The van der Waals surface area contributed by atoms with Crippen molar-refractivity contribution in [3.63, 3.8) is 0 Å². The highest BCUT2D eigenvalue weighted by Gasteiger charge is 2.26. The van der Waals surface area contributed by atoms with Gasteiger partial charge in [0.1, 0.15) is 0 Å². The number of hydrogen-bond acceptors (Lipinski definition) is 2. The zero-order valence-electron chi connectivity index (χ0n) is 9.36. The average molecular weight is 218 g/mol. The van der Waals surface area contributed by atoms with Crippen molar-refractivity contribution < 1.29 is 4.79 Å². The molecule has 0 radical (unpaired) electrons. The number of amides is 1. The van der Waals surface area contributed by atoms with Crippen molar-refractivity contribution in [2.45, 2.75) is 37.6 Å². The van der Waals surface area contributed by atoms with Crippen molar-refractivity contribution in [1.82, 2.24) is 0 Å². The van der Waals surface area contributed by atoms with Gasteiger partial charge in [-0.2, -0.15) is 0 Å². The summed E-state index contributed by atoms with van der Waals surface area (Å²) in [5.41, 5.74) is 13.2. The molecule has 1 saturated carbocycles. The van der Waals surface area contributed by atoms with Crippen LogP contribution >= 0.6 is 0 Å². The molecule has 2 unspecified atom stereocenters. The van der Waals surface area contributed by atoms with Crippen LogP contribution < -0.4 is 11.5 Å². The van der Waals surface area contributed by atoms with Gasteiger partial charge in [0, 0.05) is 11.6 Å². The van der Waals surface area contributed by atoms with E-state index in [1.54, 1.807) is 6.07 Å². The highest BCUT2D eigenvalue weighted by molar-refractivity contribution is 5.94. The Labute approximate surface area is 95.8 Å². The molecule has 16 heavy (non-hydrogen) atoms. The summed E-state index contributed by atoms with van der Waals surface area (Å²) in [5.74, 6) is -0.0641. The van der Waals surface area contributed by atoms with Gasteiger partial charge in [0.15, 0.2) is 0 Å². The fraction of sp³-hybridized carbons (Fsp3) is 0.462. The van der Waals surface area contributed by atoms with Crippen LogP contribution in [0.4, 0.5) is 0 Å². The maximum absolute atomic E-state index is 11.4. The van der Waals surface area contributed by atoms with Gasteiger partial charge in [0.25, 0.3) is 0 Å². The zero-order valence-corrected chi connectivity index (χ0v) is 9.36. The maximum atomic E-state index is 11.4. The number of nitrogens with two attached hydrogens (primary N) is 2. The monoisotopic (exact) mass is 218 g/mol. The molecule has 1 aromatic carbocycles. The van der Waals surface area contributed by atoms with Crippen LogP contribution in [0.25, 0.3) is 0 Å². The first-order valence-electron chi connectivity index (χ1n) is 5.84. The number of carbonyl (C=O) groups is 1. The van der Waals surface area contributed by atoms with Gasteiger partial charge in [-0.25, -0.2) is 0 Å². The molecule has 0 bridgehead atoms. The molecule has 0 aliphatic heterocycles. The fourth-order valence-electron chi connectivity index (χ4n) is 2.59. The first kappa shape index (κ1) is 11.1. The molecule has 1 aliphatic rings. The molecule has 0 saturated heterocycles. The number of primary amides is 1. The van der Waals surface area contributed by atoms with Crippen molar-refractivity contribution >= 4 is 5.91 Å². The average Bonchev–Trinajstić information content (AvgIpc) is 2.29. The predicted octanol–water partition coefficient (Wildman–Crippen LogP) is 1.77. The predicted molar refractivity (Wildman–Crippen MR) is 64.1 cm³/mol. The number of benzene rings is 1. The lowest BCUT2D eigenvalue weighted by atomic mass is 9.79. The van der Waals surface area contributed by atoms with Crippen LogP contribution in [-0.4, -0.2) is 11.9 Å². The summed E-state index contributed by atoms with van der Waals surface area (Å²) in [6.07, 6.45) is 4.48. The summed E-state index contributed by atoms with van der Waals surface area (Å²) in [7, 11) is 0. The van der Waals surface area contributed by atoms with Crippen LogP contribution in [0.5, 0.6) is 0 Å². The van der Waals surface area contributed by atoms with Crippen LogP contribution in [-0.2, 0) is 0 Å². The molecule has 0 heterocycles. The molecular weight excluding hydrogens is 200 g/mol. The van der Waals surface area contributed by atoms with Crippen LogP contribution in [0.15, 0.2) is 24.3 Å². The quantitative estimate of drug-likeness (QED) is 0.794. The lowest BCUT2D eigenvalue weighted by Gasteiger charge is -2.29. The van der Waals surface area contributed by atoms with E-state index in [9.17, 15) is 4.79 Å². The van der Waals surface area contributed by atoms with Crippen LogP contribution in [0.1, 0.15) is 47.5 Å². The first-order valence-corrected chi connectivity index (χ1v) is 5.84. The Bertz CT molecular complexity index is 389. The summed E-state index contributed by atoms with van der Waals surface area (Å²) in [6.45, 7) is 0. The molecule has 1 aromatic rings. The minimum Gasteiger partial charge on any atom is -0.366 e. The Morgan fingerprint density at radius 2 is 1.88 bits per heavy atom. The van der Waals surface area contributed by atoms with E-state index in [1.807, 2.05) is 18.2 Å². The number of carbonyl (C=O) groups excluding carboxylic acids is 1. The molecule has 2 rings (SSSR count). The minimum atomic E-state index is -0.353. The molecule has 0 spiro atoms. The minimum absolute atomic E-state index is 0.161.